The van der Waals surface area contributed by atoms with Crippen LogP contribution in [0, 0.1) is 11.8 Å². The Kier molecular flexibility index (Phi) is 3.67. The van der Waals surface area contributed by atoms with E-state index >= 15 is 0 Å². The van der Waals surface area contributed by atoms with Crippen molar-refractivity contribution in [3.63, 3.8) is 0 Å². The summed E-state index contributed by atoms with van der Waals surface area (Å²) in [5.74, 6) is 1.92. The molecule has 0 saturated heterocycles. The molecule has 98 valence electrons. The van der Waals surface area contributed by atoms with Crippen molar-refractivity contribution in [2.75, 3.05) is 6.54 Å². The molecule has 0 radical (unpaired) electrons. The summed E-state index contributed by atoms with van der Waals surface area (Å²) in [5.41, 5.74) is 7.58. The molecule has 2 fully saturated rings. The van der Waals surface area contributed by atoms with E-state index in [2.05, 4.69) is 35.6 Å². The average molecular weight is 244 g/mol. The zero-order valence-electron chi connectivity index (χ0n) is 11.0. The Morgan fingerprint density at radius 2 is 1.67 bits per heavy atom. The molecule has 0 bridgehead atoms. The molecule has 0 aliphatic heterocycles. The Morgan fingerprint density at radius 1 is 1.06 bits per heavy atom. The minimum atomic E-state index is 0.243. The van der Waals surface area contributed by atoms with E-state index < -0.39 is 0 Å². The lowest BCUT2D eigenvalue weighted by molar-refractivity contribution is 0.400. The predicted molar refractivity (Wildman–Crippen MR) is 75.4 cm³/mol. The third-order valence-electron chi connectivity index (χ3n) is 4.22. The summed E-state index contributed by atoms with van der Waals surface area (Å²) in [6.45, 7) is 0.965. The zero-order valence-corrected chi connectivity index (χ0v) is 11.0. The summed E-state index contributed by atoms with van der Waals surface area (Å²) in [6, 6.07) is 11.6. The number of rotatable bonds is 7. The first-order valence-electron chi connectivity index (χ1n) is 7.36. The molecule has 0 amide bonds. The number of benzene rings is 1. The highest BCUT2D eigenvalue weighted by Crippen LogP contribution is 2.44. The first kappa shape index (κ1) is 12.2. The maximum atomic E-state index is 6.23. The van der Waals surface area contributed by atoms with Gasteiger partial charge in [-0.25, -0.2) is 0 Å². The molecule has 2 heteroatoms. The smallest absolute Gasteiger partial charge is 0.0206 e. The highest BCUT2D eigenvalue weighted by atomic mass is 15.0. The number of hydrogen-bond acceptors (Lipinski definition) is 2. The van der Waals surface area contributed by atoms with Gasteiger partial charge in [0.1, 0.15) is 0 Å². The van der Waals surface area contributed by atoms with Crippen molar-refractivity contribution in [1.82, 2.24) is 5.32 Å². The van der Waals surface area contributed by atoms with Gasteiger partial charge in [-0.05, 0) is 49.5 Å². The second kappa shape index (κ2) is 5.41. The van der Waals surface area contributed by atoms with E-state index in [0.717, 1.165) is 30.8 Å². The van der Waals surface area contributed by atoms with Gasteiger partial charge in [0.15, 0.2) is 0 Å². The van der Waals surface area contributed by atoms with E-state index in [0.29, 0.717) is 0 Å². The van der Waals surface area contributed by atoms with Gasteiger partial charge in [0.2, 0.25) is 0 Å². The van der Waals surface area contributed by atoms with Crippen LogP contribution < -0.4 is 11.1 Å². The van der Waals surface area contributed by atoms with E-state index in [9.17, 15) is 0 Å². The summed E-state index contributed by atoms with van der Waals surface area (Å²) in [6.07, 6.45) is 6.71. The molecular formula is C16H24N2. The van der Waals surface area contributed by atoms with E-state index in [-0.39, 0.29) is 6.04 Å². The van der Waals surface area contributed by atoms with Gasteiger partial charge in [0.25, 0.3) is 0 Å². The standard InChI is InChI=1S/C16H24N2/c17-15(10-12-4-2-1-3-5-12)11-18-16(13-6-7-13)14-8-9-14/h1-5,13-16,18H,6-11,17H2. The van der Waals surface area contributed by atoms with Crippen molar-refractivity contribution >= 4 is 0 Å². The van der Waals surface area contributed by atoms with Gasteiger partial charge in [-0.3, -0.25) is 0 Å². The van der Waals surface area contributed by atoms with Crippen LogP contribution in [0.3, 0.4) is 0 Å². The summed E-state index contributed by atoms with van der Waals surface area (Å²) >= 11 is 0. The molecule has 2 saturated carbocycles. The molecular weight excluding hydrogens is 220 g/mol. The topological polar surface area (TPSA) is 38.0 Å². The fourth-order valence-corrected chi connectivity index (χ4v) is 2.91. The van der Waals surface area contributed by atoms with Gasteiger partial charge in [0, 0.05) is 18.6 Å². The minimum absolute atomic E-state index is 0.243. The van der Waals surface area contributed by atoms with Crippen molar-refractivity contribution in [3.8, 4) is 0 Å². The van der Waals surface area contributed by atoms with Gasteiger partial charge in [-0.1, -0.05) is 30.3 Å². The molecule has 2 aliphatic rings. The highest BCUT2D eigenvalue weighted by Gasteiger charge is 2.41. The summed E-state index contributed by atoms with van der Waals surface area (Å²) in [7, 11) is 0. The van der Waals surface area contributed by atoms with Crippen LogP contribution >= 0.6 is 0 Å². The van der Waals surface area contributed by atoms with Gasteiger partial charge in [-0.15, -0.1) is 0 Å². The average Bonchev–Trinajstić information content (AvgIpc) is 3.25. The minimum Gasteiger partial charge on any atom is -0.326 e. The van der Waals surface area contributed by atoms with Crippen molar-refractivity contribution in [1.29, 1.82) is 0 Å². The summed E-state index contributed by atoms with van der Waals surface area (Å²) in [5, 5.41) is 3.74. The Morgan fingerprint density at radius 3 is 2.22 bits per heavy atom. The van der Waals surface area contributed by atoms with Gasteiger partial charge >= 0.3 is 0 Å². The second-order valence-electron chi connectivity index (χ2n) is 6.06. The normalized spacial score (nSPS) is 21.2. The maximum Gasteiger partial charge on any atom is 0.0206 e. The van der Waals surface area contributed by atoms with Gasteiger partial charge in [0.05, 0.1) is 0 Å². The van der Waals surface area contributed by atoms with Crippen LogP contribution in [0.25, 0.3) is 0 Å². The van der Waals surface area contributed by atoms with E-state index in [4.69, 9.17) is 5.73 Å². The molecule has 1 atom stereocenters. The van der Waals surface area contributed by atoms with Crippen LogP contribution in [0.4, 0.5) is 0 Å². The Labute approximate surface area is 110 Å². The Bertz CT molecular complexity index is 356. The lowest BCUT2D eigenvalue weighted by Crippen LogP contribution is -2.42. The Hall–Kier alpha value is -0.860. The fourth-order valence-electron chi connectivity index (χ4n) is 2.91. The zero-order chi connectivity index (χ0) is 12.4. The molecule has 0 aromatic heterocycles. The summed E-state index contributed by atoms with van der Waals surface area (Å²) < 4.78 is 0. The lowest BCUT2D eigenvalue weighted by atomic mass is 10.0. The highest BCUT2D eigenvalue weighted by molar-refractivity contribution is 5.15. The van der Waals surface area contributed by atoms with Crippen molar-refractivity contribution in [3.05, 3.63) is 35.9 Å². The van der Waals surface area contributed by atoms with Crippen molar-refractivity contribution < 1.29 is 0 Å². The van der Waals surface area contributed by atoms with E-state index in [1.807, 2.05) is 0 Å². The number of hydrogen-bond donors (Lipinski definition) is 2. The number of nitrogens with one attached hydrogen (secondary N) is 1. The number of nitrogens with two attached hydrogens (primary N) is 1. The quantitative estimate of drug-likeness (QED) is 0.772. The molecule has 2 nitrogen and oxygen atoms in total. The molecule has 3 N–H and O–H groups in total. The van der Waals surface area contributed by atoms with Crippen LogP contribution in [0.1, 0.15) is 31.2 Å². The van der Waals surface area contributed by atoms with E-state index in [1.54, 1.807) is 0 Å². The molecule has 0 spiro atoms. The van der Waals surface area contributed by atoms with Gasteiger partial charge < -0.3 is 11.1 Å². The molecule has 3 rings (SSSR count). The molecule has 0 heterocycles. The molecule has 1 aromatic carbocycles. The SMILES string of the molecule is NC(CNC(C1CC1)C1CC1)Cc1ccccc1. The van der Waals surface area contributed by atoms with Crippen molar-refractivity contribution in [2.45, 2.75) is 44.2 Å². The lowest BCUT2D eigenvalue weighted by Gasteiger charge is -2.20. The molecule has 1 unspecified atom stereocenters. The molecule has 18 heavy (non-hydrogen) atoms. The predicted octanol–water partition coefficient (Wildman–Crippen LogP) is 2.33. The fraction of sp³-hybridized carbons (Fsp3) is 0.625. The maximum absolute atomic E-state index is 6.23. The first-order valence-corrected chi connectivity index (χ1v) is 7.36. The largest absolute Gasteiger partial charge is 0.326 e. The van der Waals surface area contributed by atoms with Crippen LogP contribution in [-0.2, 0) is 6.42 Å². The second-order valence-corrected chi connectivity index (χ2v) is 6.06. The van der Waals surface area contributed by atoms with Crippen molar-refractivity contribution in [2.24, 2.45) is 17.6 Å². The first-order chi connectivity index (χ1) is 8.83. The third-order valence-corrected chi connectivity index (χ3v) is 4.22. The third kappa shape index (κ3) is 3.33. The van der Waals surface area contributed by atoms with Crippen LogP contribution in [0.5, 0.6) is 0 Å². The van der Waals surface area contributed by atoms with E-state index in [1.165, 1.54) is 31.2 Å². The van der Waals surface area contributed by atoms with Gasteiger partial charge in [-0.2, -0.15) is 0 Å². The Balaban J connectivity index is 1.44. The molecule has 2 aliphatic carbocycles. The van der Waals surface area contributed by atoms with Crippen LogP contribution in [0.2, 0.25) is 0 Å². The summed E-state index contributed by atoms with van der Waals surface area (Å²) in [4.78, 5) is 0. The monoisotopic (exact) mass is 244 g/mol. The molecule has 1 aromatic rings. The van der Waals surface area contributed by atoms with Crippen LogP contribution in [0.15, 0.2) is 30.3 Å². The van der Waals surface area contributed by atoms with Crippen LogP contribution in [-0.4, -0.2) is 18.6 Å².